The van der Waals surface area contributed by atoms with E-state index in [1.807, 2.05) is 19.3 Å². The van der Waals surface area contributed by atoms with E-state index in [9.17, 15) is 4.79 Å². The van der Waals surface area contributed by atoms with Gasteiger partial charge in [-0.05, 0) is 12.1 Å². The van der Waals surface area contributed by atoms with Crippen molar-refractivity contribution in [3.8, 4) is 0 Å². The van der Waals surface area contributed by atoms with Crippen LogP contribution in [0.4, 0.5) is 0 Å². The average molecular weight is 196 g/mol. The molecule has 0 fully saturated rings. The van der Waals surface area contributed by atoms with E-state index in [1.54, 1.807) is 0 Å². The van der Waals surface area contributed by atoms with Crippen LogP contribution in [-0.4, -0.2) is 30.7 Å². The Bertz CT molecular complexity index is 294. The fourth-order valence-electron chi connectivity index (χ4n) is 1.24. The summed E-state index contributed by atoms with van der Waals surface area (Å²) in [4.78, 5) is 10.8. The second-order valence-electron chi connectivity index (χ2n) is 3.11. The van der Waals surface area contributed by atoms with Gasteiger partial charge in [0.05, 0.1) is 13.7 Å². The number of hydrogen-bond donors (Lipinski definition) is 1. The van der Waals surface area contributed by atoms with Crippen LogP contribution in [0, 0.1) is 0 Å². The molecule has 4 nitrogen and oxygen atoms in total. The van der Waals surface area contributed by atoms with Crippen molar-refractivity contribution in [3.63, 3.8) is 0 Å². The maximum absolute atomic E-state index is 10.8. The molecular formula is C10H16N2O2. The zero-order valence-electron chi connectivity index (χ0n) is 8.62. The molecule has 78 valence electrons. The molecule has 4 heteroatoms. The Kier molecular flexibility index (Phi) is 4.19. The molecule has 0 aliphatic carbocycles. The van der Waals surface area contributed by atoms with Crippen LogP contribution >= 0.6 is 0 Å². The number of nitrogens with one attached hydrogen (secondary N) is 1. The van der Waals surface area contributed by atoms with Gasteiger partial charge in [0.25, 0.3) is 0 Å². The molecule has 0 amide bonds. The number of aromatic nitrogens is 1. The topological polar surface area (TPSA) is 43.3 Å². The molecule has 0 saturated carbocycles. The lowest BCUT2D eigenvalue weighted by Gasteiger charge is -2.04. The molecule has 0 radical (unpaired) electrons. The van der Waals surface area contributed by atoms with Crippen LogP contribution in [0.25, 0.3) is 0 Å². The van der Waals surface area contributed by atoms with E-state index in [2.05, 4.69) is 20.7 Å². The van der Waals surface area contributed by atoms with Crippen molar-refractivity contribution in [2.24, 2.45) is 7.05 Å². The minimum Gasteiger partial charge on any atom is -0.468 e. The van der Waals surface area contributed by atoms with Crippen LogP contribution in [-0.2, 0) is 23.0 Å². The molecule has 1 aromatic heterocycles. The third-order valence-electron chi connectivity index (χ3n) is 2.11. The first kappa shape index (κ1) is 10.8. The molecule has 1 heterocycles. The summed E-state index contributed by atoms with van der Waals surface area (Å²) in [5, 5.41) is 3.01. The predicted octanol–water partition coefficient (Wildman–Crippen LogP) is 0.330. The summed E-state index contributed by atoms with van der Waals surface area (Å²) >= 11 is 0. The van der Waals surface area contributed by atoms with Crippen molar-refractivity contribution < 1.29 is 9.53 Å². The van der Waals surface area contributed by atoms with Crippen molar-refractivity contribution in [2.75, 3.05) is 20.2 Å². The Morgan fingerprint density at radius 2 is 2.43 bits per heavy atom. The van der Waals surface area contributed by atoms with Gasteiger partial charge in [-0.2, -0.15) is 0 Å². The average Bonchev–Trinajstić information content (AvgIpc) is 2.58. The van der Waals surface area contributed by atoms with E-state index in [1.165, 1.54) is 12.8 Å². The summed E-state index contributed by atoms with van der Waals surface area (Å²) in [5.41, 5.74) is 1.25. The highest BCUT2D eigenvalue weighted by Gasteiger charge is 1.99. The van der Waals surface area contributed by atoms with E-state index in [0.29, 0.717) is 0 Å². The van der Waals surface area contributed by atoms with Gasteiger partial charge in [-0.15, -0.1) is 0 Å². The summed E-state index contributed by atoms with van der Waals surface area (Å²) in [5.74, 6) is -0.225. The predicted molar refractivity (Wildman–Crippen MR) is 54.0 cm³/mol. The Morgan fingerprint density at radius 1 is 1.64 bits per heavy atom. The van der Waals surface area contributed by atoms with Gasteiger partial charge in [-0.1, -0.05) is 0 Å². The fraction of sp³-hybridized carbons (Fsp3) is 0.500. The molecular weight excluding hydrogens is 180 g/mol. The molecule has 0 unspecified atom stereocenters. The van der Waals surface area contributed by atoms with Gasteiger partial charge < -0.3 is 14.6 Å². The Labute approximate surface area is 83.9 Å². The Balaban J connectivity index is 2.16. The molecule has 0 atom stereocenters. The van der Waals surface area contributed by atoms with E-state index < -0.39 is 0 Å². The zero-order chi connectivity index (χ0) is 10.4. The first-order valence-corrected chi connectivity index (χ1v) is 4.62. The SMILES string of the molecule is COC(=O)CNCCc1cccn1C. The number of rotatable bonds is 5. The summed E-state index contributed by atoms with van der Waals surface area (Å²) in [6, 6.07) is 4.08. The second-order valence-corrected chi connectivity index (χ2v) is 3.11. The molecule has 0 aromatic carbocycles. The summed E-state index contributed by atoms with van der Waals surface area (Å²) in [6.07, 6.45) is 2.93. The largest absolute Gasteiger partial charge is 0.468 e. The van der Waals surface area contributed by atoms with Crippen molar-refractivity contribution >= 4 is 5.97 Å². The molecule has 0 aliphatic rings. The van der Waals surface area contributed by atoms with E-state index in [-0.39, 0.29) is 12.5 Å². The maximum atomic E-state index is 10.8. The van der Waals surface area contributed by atoms with Gasteiger partial charge in [0.1, 0.15) is 0 Å². The zero-order valence-corrected chi connectivity index (χ0v) is 8.62. The first-order chi connectivity index (χ1) is 6.74. The number of carbonyl (C=O) groups is 1. The second kappa shape index (κ2) is 5.44. The number of carbonyl (C=O) groups excluding carboxylic acids is 1. The molecule has 0 aliphatic heterocycles. The van der Waals surface area contributed by atoms with Gasteiger partial charge in [0.15, 0.2) is 0 Å². The molecule has 0 spiro atoms. The van der Waals surface area contributed by atoms with Crippen LogP contribution in [0.2, 0.25) is 0 Å². The van der Waals surface area contributed by atoms with E-state index >= 15 is 0 Å². The summed E-state index contributed by atoms with van der Waals surface area (Å²) in [6.45, 7) is 1.06. The molecule has 0 saturated heterocycles. The van der Waals surface area contributed by atoms with Gasteiger partial charge in [0, 0.05) is 31.9 Å². The lowest BCUT2D eigenvalue weighted by atomic mass is 10.3. The highest BCUT2D eigenvalue weighted by atomic mass is 16.5. The normalized spacial score (nSPS) is 10.1. The lowest BCUT2D eigenvalue weighted by Crippen LogP contribution is -2.26. The van der Waals surface area contributed by atoms with Crippen molar-refractivity contribution in [2.45, 2.75) is 6.42 Å². The van der Waals surface area contributed by atoms with Crippen molar-refractivity contribution in [1.82, 2.24) is 9.88 Å². The lowest BCUT2D eigenvalue weighted by molar-refractivity contribution is -0.139. The Morgan fingerprint density at radius 3 is 3.00 bits per heavy atom. The van der Waals surface area contributed by atoms with Gasteiger partial charge in [-0.25, -0.2) is 0 Å². The molecule has 14 heavy (non-hydrogen) atoms. The van der Waals surface area contributed by atoms with Crippen LogP contribution in [0.3, 0.4) is 0 Å². The molecule has 1 rings (SSSR count). The standard InChI is InChI=1S/C10H16N2O2/c1-12-7-3-4-9(12)5-6-11-8-10(13)14-2/h3-4,7,11H,5-6,8H2,1-2H3. The highest BCUT2D eigenvalue weighted by molar-refractivity contribution is 5.71. The van der Waals surface area contributed by atoms with Crippen molar-refractivity contribution in [1.29, 1.82) is 0 Å². The van der Waals surface area contributed by atoms with Gasteiger partial charge in [0.2, 0.25) is 0 Å². The molecule has 1 N–H and O–H groups in total. The monoisotopic (exact) mass is 196 g/mol. The van der Waals surface area contributed by atoms with Crippen LogP contribution in [0.5, 0.6) is 0 Å². The van der Waals surface area contributed by atoms with Crippen LogP contribution in [0.1, 0.15) is 5.69 Å². The third-order valence-corrected chi connectivity index (χ3v) is 2.11. The number of methoxy groups -OCH3 is 1. The minimum absolute atomic E-state index is 0.225. The number of esters is 1. The smallest absolute Gasteiger partial charge is 0.319 e. The van der Waals surface area contributed by atoms with E-state index in [0.717, 1.165) is 13.0 Å². The van der Waals surface area contributed by atoms with Crippen molar-refractivity contribution in [3.05, 3.63) is 24.0 Å². The molecule has 0 bridgehead atoms. The van der Waals surface area contributed by atoms with Gasteiger partial charge in [-0.3, -0.25) is 4.79 Å². The minimum atomic E-state index is -0.225. The number of hydrogen-bond acceptors (Lipinski definition) is 3. The summed E-state index contributed by atoms with van der Waals surface area (Å²) < 4.78 is 6.57. The third kappa shape index (κ3) is 3.22. The number of nitrogens with zero attached hydrogens (tertiary/aromatic N) is 1. The number of ether oxygens (including phenoxy) is 1. The van der Waals surface area contributed by atoms with Crippen LogP contribution < -0.4 is 5.32 Å². The van der Waals surface area contributed by atoms with E-state index in [4.69, 9.17) is 0 Å². The van der Waals surface area contributed by atoms with Crippen LogP contribution in [0.15, 0.2) is 18.3 Å². The van der Waals surface area contributed by atoms with Gasteiger partial charge >= 0.3 is 5.97 Å². The highest BCUT2D eigenvalue weighted by Crippen LogP contribution is 1.98. The Hall–Kier alpha value is -1.29. The quantitative estimate of drug-likeness (QED) is 0.545. The summed E-state index contributed by atoms with van der Waals surface area (Å²) in [7, 11) is 3.40. The fourth-order valence-corrected chi connectivity index (χ4v) is 1.24. The number of aryl methyl sites for hydroxylation is 1. The maximum Gasteiger partial charge on any atom is 0.319 e. The first-order valence-electron chi connectivity index (χ1n) is 4.62. The molecule has 1 aromatic rings.